The van der Waals surface area contributed by atoms with Gasteiger partial charge in [0.1, 0.15) is 11.8 Å². The second kappa shape index (κ2) is 3.41. The van der Waals surface area contributed by atoms with Crippen molar-refractivity contribution in [2.75, 3.05) is 6.61 Å². The molecule has 0 saturated carbocycles. The average Bonchev–Trinajstić information content (AvgIpc) is 2.61. The minimum Gasteiger partial charge on any atom is -0.493 e. The summed E-state index contributed by atoms with van der Waals surface area (Å²) in [5, 5.41) is 0. The Labute approximate surface area is 84.8 Å². The highest BCUT2D eigenvalue weighted by atomic mass is 19.4. The van der Waals surface area contributed by atoms with Gasteiger partial charge in [-0.3, -0.25) is 0 Å². The van der Waals surface area contributed by atoms with Crippen LogP contribution in [0, 0.1) is 0 Å². The van der Waals surface area contributed by atoms with E-state index in [4.69, 9.17) is 10.5 Å². The molecule has 0 aliphatic carbocycles. The van der Waals surface area contributed by atoms with Crippen LogP contribution >= 0.6 is 0 Å². The summed E-state index contributed by atoms with van der Waals surface area (Å²) in [6, 6.07) is 2.47. The van der Waals surface area contributed by atoms with Crippen molar-refractivity contribution in [3.63, 3.8) is 0 Å². The van der Waals surface area contributed by atoms with Crippen molar-refractivity contribution in [3.8, 4) is 5.75 Å². The summed E-state index contributed by atoms with van der Waals surface area (Å²) in [5.41, 5.74) is 5.99. The summed E-state index contributed by atoms with van der Waals surface area (Å²) in [5.74, 6) is 0.660. The first kappa shape index (κ1) is 10.3. The van der Waals surface area contributed by atoms with Gasteiger partial charge in [0.2, 0.25) is 0 Å². The minimum atomic E-state index is -4.40. The Balaban J connectivity index is 2.31. The van der Waals surface area contributed by atoms with Crippen LogP contribution in [-0.4, -0.2) is 12.8 Å². The van der Waals surface area contributed by atoms with Gasteiger partial charge in [0.05, 0.1) is 6.61 Å². The zero-order valence-electron chi connectivity index (χ0n) is 7.84. The van der Waals surface area contributed by atoms with Crippen molar-refractivity contribution >= 4 is 0 Å². The number of hydrogen-bond acceptors (Lipinski definition) is 2. The van der Waals surface area contributed by atoms with Crippen LogP contribution in [0.5, 0.6) is 5.75 Å². The fraction of sp³-hybridized carbons (Fsp3) is 0.400. The van der Waals surface area contributed by atoms with Gasteiger partial charge in [-0.15, -0.1) is 0 Å². The summed E-state index contributed by atoms with van der Waals surface area (Å²) >= 11 is 0. The molecule has 0 unspecified atom stereocenters. The van der Waals surface area contributed by atoms with Gasteiger partial charge in [0.25, 0.3) is 0 Å². The van der Waals surface area contributed by atoms with Crippen LogP contribution < -0.4 is 10.5 Å². The fourth-order valence-corrected chi connectivity index (χ4v) is 1.59. The number of alkyl halides is 3. The summed E-state index contributed by atoms with van der Waals surface area (Å²) < 4.78 is 42.2. The largest absolute Gasteiger partial charge is 0.493 e. The van der Waals surface area contributed by atoms with E-state index >= 15 is 0 Å². The second-order valence-electron chi connectivity index (χ2n) is 3.48. The highest BCUT2D eigenvalue weighted by molar-refractivity contribution is 5.41. The molecule has 5 heteroatoms. The molecule has 2 N–H and O–H groups in total. The predicted octanol–water partition coefficient (Wildman–Crippen LogP) is 2.18. The zero-order chi connectivity index (χ0) is 11.1. The lowest BCUT2D eigenvalue weighted by Gasteiger charge is -2.16. The Kier molecular flexibility index (Phi) is 2.34. The third-order valence-corrected chi connectivity index (χ3v) is 2.43. The molecular formula is C10H10F3NO. The molecule has 2 rings (SSSR count). The van der Waals surface area contributed by atoms with Crippen molar-refractivity contribution in [1.82, 2.24) is 0 Å². The molecule has 0 saturated heterocycles. The second-order valence-corrected chi connectivity index (χ2v) is 3.48. The number of nitrogens with two attached hydrogens (primary N) is 1. The van der Waals surface area contributed by atoms with E-state index in [0.29, 0.717) is 18.8 Å². The summed E-state index contributed by atoms with van der Waals surface area (Å²) in [6.07, 6.45) is -3.75. The quantitative estimate of drug-likeness (QED) is 0.782. The van der Waals surface area contributed by atoms with Crippen LogP contribution in [0.2, 0.25) is 0 Å². The van der Waals surface area contributed by atoms with E-state index in [-0.39, 0.29) is 5.56 Å². The lowest BCUT2D eigenvalue weighted by molar-refractivity contribution is -0.149. The molecule has 2 nitrogen and oxygen atoms in total. The topological polar surface area (TPSA) is 35.2 Å². The van der Waals surface area contributed by atoms with Crippen LogP contribution in [-0.2, 0) is 6.42 Å². The van der Waals surface area contributed by atoms with Crippen LogP contribution in [0.1, 0.15) is 17.2 Å². The highest BCUT2D eigenvalue weighted by Gasteiger charge is 2.38. The molecule has 0 spiro atoms. The van der Waals surface area contributed by atoms with E-state index < -0.39 is 12.2 Å². The van der Waals surface area contributed by atoms with Crippen molar-refractivity contribution in [1.29, 1.82) is 0 Å². The molecule has 82 valence electrons. The van der Waals surface area contributed by atoms with Gasteiger partial charge in [-0.1, -0.05) is 12.1 Å². The number of halogens is 3. The maximum absolute atomic E-state index is 12.3. The number of hydrogen-bond donors (Lipinski definition) is 1. The molecule has 0 fully saturated rings. The number of ether oxygens (including phenoxy) is 1. The maximum atomic E-state index is 12.3. The third kappa shape index (κ3) is 1.92. The third-order valence-electron chi connectivity index (χ3n) is 2.43. The summed E-state index contributed by atoms with van der Waals surface area (Å²) in [7, 11) is 0. The van der Waals surface area contributed by atoms with E-state index in [0.717, 1.165) is 5.56 Å². The molecule has 1 aliphatic heterocycles. The van der Waals surface area contributed by atoms with Crippen molar-refractivity contribution in [2.45, 2.75) is 18.6 Å². The molecule has 1 aliphatic rings. The first-order chi connectivity index (χ1) is 6.98. The smallest absolute Gasteiger partial charge is 0.407 e. The van der Waals surface area contributed by atoms with E-state index in [2.05, 4.69) is 0 Å². The first-order valence-corrected chi connectivity index (χ1v) is 4.56. The first-order valence-electron chi connectivity index (χ1n) is 4.56. The maximum Gasteiger partial charge on any atom is 0.407 e. The van der Waals surface area contributed by atoms with Gasteiger partial charge in [-0.05, 0) is 17.2 Å². The van der Waals surface area contributed by atoms with E-state index in [1.807, 2.05) is 0 Å². The molecule has 1 aromatic carbocycles. The molecule has 0 amide bonds. The SMILES string of the molecule is N[C@@H](c1ccc2c(c1)CCO2)C(F)(F)F. The monoisotopic (exact) mass is 217 g/mol. The van der Waals surface area contributed by atoms with Gasteiger partial charge in [0.15, 0.2) is 0 Å². The lowest BCUT2D eigenvalue weighted by atomic mass is 10.0. The average molecular weight is 217 g/mol. The fourth-order valence-electron chi connectivity index (χ4n) is 1.59. The standard InChI is InChI=1S/C10H10F3NO/c11-10(12,13)9(14)7-1-2-8-6(5-7)3-4-15-8/h1-2,5,9H,3-4,14H2/t9-/m0/s1. The van der Waals surface area contributed by atoms with Gasteiger partial charge in [0, 0.05) is 6.42 Å². The van der Waals surface area contributed by atoms with Crippen LogP contribution in [0.15, 0.2) is 18.2 Å². The van der Waals surface area contributed by atoms with E-state index in [1.54, 1.807) is 6.07 Å². The highest BCUT2D eigenvalue weighted by Crippen LogP contribution is 2.34. The van der Waals surface area contributed by atoms with Crippen molar-refractivity contribution in [2.24, 2.45) is 5.73 Å². The summed E-state index contributed by atoms with van der Waals surface area (Å²) in [4.78, 5) is 0. The number of benzene rings is 1. The molecular weight excluding hydrogens is 207 g/mol. The Hall–Kier alpha value is -1.23. The van der Waals surface area contributed by atoms with Crippen molar-refractivity contribution < 1.29 is 17.9 Å². The van der Waals surface area contributed by atoms with Crippen LogP contribution in [0.3, 0.4) is 0 Å². The van der Waals surface area contributed by atoms with E-state index in [1.165, 1.54) is 12.1 Å². The van der Waals surface area contributed by atoms with Gasteiger partial charge >= 0.3 is 6.18 Å². The Morgan fingerprint density at radius 1 is 1.33 bits per heavy atom. The molecule has 0 aromatic heterocycles. The van der Waals surface area contributed by atoms with Gasteiger partial charge in [-0.25, -0.2) is 0 Å². The van der Waals surface area contributed by atoms with E-state index in [9.17, 15) is 13.2 Å². The number of fused-ring (bicyclic) bond motifs is 1. The van der Waals surface area contributed by atoms with Crippen molar-refractivity contribution in [3.05, 3.63) is 29.3 Å². The number of rotatable bonds is 1. The molecule has 1 aromatic rings. The Morgan fingerprint density at radius 3 is 2.73 bits per heavy atom. The molecule has 1 heterocycles. The Bertz CT molecular complexity index is 375. The van der Waals surface area contributed by atoms with Gasteiger partial charge < -0.3 is 10.5 Å². The molecule has 1 atom stereocenters. The minimum absolute atomic E-state index is 0.0896. The van der Waals surface area contributed by atoms with Gasteiger partial charge in [-0.2, -0.15) is 13.2 Å². The normalized spacial score (nSPS) is 17.1. The molecule has 15 heavy (non-hydrogen) atoms. The van der Waals surface area contributed by atoms with Crippen LogP contribution in [0.4, 0.5) is 13.2 Å². The van der Waals surface area contributed by atoms with Crippen LogP contribution in [0.25, 0.3) is 0 Å². The molecule has 0 bridgehead atoms. The summed E-state index contributed by atoms with van der Waals surface area (Å²) in [6.45, 7) is 0.528. The molecule has 0 radical (unpaired) electrons. The Morgan fingerprint density at radius 2 is 2.07 bits per heavy atom. The zero-order valence-corrected chi connectivity index (χ0v) is 7.84. The lowest BCUT2D eigenvalue weighted by Crippen LogP contribution is -2.28. The predicted molar refractivity (Wildman–Crippen MR) is 48.6 cm³/mol.